The van der Waals surface area contributed by atoms with Crippen molar-refractivity contribution in [3.63, 3.8) is 0 Å². The Hall–Kier alpha value is -0.130. The minimum atomic E-state index is -3.03. The number of ether oxygens (including phenoxy) is 1. The summed E-state index contributed by atoms with van der Waals surface area (Å²) in [6.07, 6.45) is 0. The van der Waals surface area contributed by atoms with Crippen LogP contribution in [0.1, 0.15) is 27.7 Å². The molecule has 0 aromatic heterocycles. The average molecular weight is 251 g/mol. The Morgan fingerprint density at radius 3 is 2.19 bits per heavy atom. The molecule has 0 radical (unpaired) electrons. The fourth-order valence-corrected chi connectivity index (χ4v) is 3.18. The smallest absolute Gasteiger partial charge is 0.156 e. The molecule has 0 spiro atoms. The molecule has 0 heterocycles. The summed E-state index contributed by atoms with van der Waals surface area (Å²) in [5, 5.41) is 2.45. The van der Waals surface area contributed by atoms with E-state index in [1.807, 2.05) is 13.8 Å². The Labute approximate surface area is 99.7 Å². The monoisotopic (exact) mass is 251 g/mol. The summed E-state index contributed by atoms with van der Waals surface area (Å²) in [6.45, 7) is 9.20. The van der Waals surface area contributed by atoms with Crippen LogP contribution in [0.15, 0.2) is 0 Å². The lowest BCUT2D eigenvalue weighted by molar-refractivity contribution is 0.199. The van der Waals surface area contributed by atoms with E-state index in [1.54, 1.807) is 21.0 Å². The van der Waals surface area contributed by atoms with Crippen LogP contribution in [0.2, 0.25) is 0 Å². The molecule has 0 rings (SSSR count). The zero-order chi connectivity index (χ0) is 12.8. The molecule has 0 bridgehead atoms. The first-order valence-electron chi connectivity index (χ1n) is 5.76. The molecule has 0 aromatic carbocycles. The topological polar surface area (TPSA) is 55.4 Å². The third kappa shape index (κ3) is 4.80. The number of rotatable bonds is 8. The lowest BCUT2D eigenvalue weighted by atomic mass is 10.2. The molecule has 0 aliphatic carbocycles. The molecular weight excluding hydrogens is 226 g/mol. The minimum Gasteiger partial charge on any atom is -0.383 e. The molecule has 0 amide bonds. The molecule has 0 fully saturated rings. The van der Waals surface area contributed by atoms with Crippen molar-refractivity contribution in [2.45, 2.75) is 38.2 Å². The summed E-state index contributed by atoms with van der Waals surface area (Å²) in [6, 6.07) is 0. The Kier molecular flexibility index (Phi) is 7.19. The molecule has 1 N–H and O–H groups in total. The van der Waals surface area contributed by atoms with Crippen LogP contribution in [0.4, 0.5) is 0 Å². The molecule has 0 aliphatic rings. The Balaban J connectivity index is 4.20. The van der Waals surface area contributed by atoms with E-state index in [1.165, 1.54) is 0 Å². The molecule has 0 saturated carbocycles. The summed E-state index contributed by atoms with van der Waals surface area (Å²) >= 11 is 0. The van der Waals surface area contributed by atoms with Crippen LogP contribution in [-0.2, 0) is 14.6 Å². The number of hydrogen-bond donors (Lipinski definition) is 1. The minimum absolute atomic E-state index is 0.159. The molecule has 2 unspecified atom stereocenters. The van der Waals surface area contributed by atoms with Gasteiger partial charge in [-0.1, -0.05) is 13.8 Å². The Morgan fingerprint density at radius 1 is 1.19 bits per heavy atom. The molecule has 5 heteroatoms. The van der Waals surface area contributed by atoms with Crippen molar-refractivity contribution in [3.05, 3.63) is 0 Å². The summed E-state index contributed by atoms with van der Waals surface area (Å²) in [7, 11) is -1.40. The van der Waals surface area contributed by atoms with Crippen molar-refractivity contribution in [1.29, 1.82) is 0 Å². The van der Waals surface area contributed by atoms with Gasteiger partial charge in [-0.15, -0.1) is 0 Å². The summed E-state index contributed by atoms with van der Waals surface area (Å²) in [4.78, 5) is 0. The number of sulfone groups is 1. The van der Waals surface area contributed by atoms with E-state index in [4.69, 9.17) is 4.74 Å². The van der Waals surface area contributed by atoms with Gasteiger partial charge >= 0.3 is 0 Å². The molecule has 98 valence electrons. The Bertz CT molecular complexity index is 275. The third-order valence-corrected chi connectivity index (χ3v) is 5.80. The quantitative estimate of drug-likeness (QED) is 0.656. The van der Waals surface area contributed by atoms with Crippen LogP contribution in [-0.4, -0.2) is 45.7 Å². The van der Waals surface area contributed by atoms with E-state index >= 15 is 0 Å². The highest BCUT2D eigenvalue weighted by Crippen LogP contribution is 2.16. The first-order chi connectivity index (χ1) is 7.34. The highest BCUT2D eigenvalue weighted by molar-refractivity contribution is 7.92. The van der Waals surface area contributed by atoms with Crippen LogP contribution in [0, 0.1) is 5.92 Å². The maximum atomic E-state index is 12.1. The van der Waals surface area contributed by atoms with E-state index in [9.17, 15) is 8.42 Å². The van der Waals surface area contributed by atoms with Crippen LogP contribution in [0.25, 0.3) is 0 Å². The van der Waals surface area contributed by atoms with Crippen molar-refractivity contribution < 1.29 is 13.2 Å². The van der Waals surface area contributed by atoms with Crippen molar-refractivity contribution in [2.24, 2.45) is 5.92 Å². The van der Waals surface area contributed by atoms with Crippen LogP contribution in [0.3, 0.4) is 0 Å². The van der Waals surface area contributed by atoms with Gasteiger partial charge in [-0.25, -0.2) is 8.42 Å². The third-order valence-electron chi connectivity index (χ3n) is 2.93. The predicted molar refractivity (Wildman–Crippen MR) is 67.4 cm³/mol. The fourth-order valence-electron chi connectivity index (χ4n) is 1.34. The summed E-state index contributed by atoms with van der Waals surface area (Å²) in [5.74, 6) is 0.159. The van der Waals surface area contributed by atoms with E-state index in [-0.39, 0.29) is 16.4 Å². The van der Waals surface area contributed by atoms with Crippen LogP contribution in [0.5, 0.6) is 0 Å². The lowest BCUT2D eigenvalue weighted by Gasteiger charge is -2.21. The number of methoxy groups -OCH3 is 1. The van der Waals surface area contributed by atoms with Gasteiger partial charge in [-0.05, 0) is 19.8 Å². The molecule has 0 aromatic rings. The van der Waals surface area contributed by atoms with Gasteiger partial charge in [0.1, 0.15) is 0 Å². The molecule has 4 nitrogen and oxygen atoms in total. The second kappa shape index (κ2) is 7.25. The molecular formula is C11H25NO3S. The fraction of sp³-hybridized carbons (Fsp3) is 1.00. The van der Waals surface area contributed by atoms with Crippen LogP contribution >= 0.6 is 0 Å². The van der Waals surface area contributed by atoms with Gasteiger partial charge in [0.2, 0.25) is 0 Å². The number of hydrogen-bond acceptors (Lipinski definition) is 4. The van der Waals surface area contributed by atoms with Gasteiger partial charge in [-0.3, -0.25) is 0 Å². The van der Waals surface area contributed by atoms with E-state index in [0.29, 0.717) is 19.7 Å². The van der Waals surface area contributed by atoms with Gasteiger partial charge < -0.3 is 10.1 Å². The summed E-state index contributed by atoms with van der Waals surface area (Å²) in [5.41, 5.74) is 0. The Morgan fingerprint density at radius 2 is 1.75 bits per heavy atom. The van der Waals surface area contributed by atoms with Crippen molar-refractivity contribution in [1.82, 2.24) is 5.32 Å². The second-order valence-corrected chi connectivity index (χ2v) is 7.27. The standard InChI is InChI=1S/C11H25NO3S/c1-9(2)11(4)16(13,14)10(3)8-12-6-7-15-5/h9-12H,6-8H2,1-5H3. The van der Waals surface area contributed by atoms with E-state index < -0.39 is 9.84 Å². The maximum absolute atomic E-state index is 12.1. The van der Waals surface area contributed by atoms with Gasteiger partial charge in [0, 0.05) is 20.2 Å². The predicted octanol–water partition coefficient (Wildman–Crippen LogP) is 1.07. The van der Waals surface area contributed by atoms with Crippen molar-refractivity contribution in [2.75, 3.05) is 26.8 Å². The van der Waals surface area contributed by atoms with E-state index in [0.717, 1.165) is 0 Å². The van der Waals surface area contributed by atoms with Crippen LogP contribution < -0.4 is 5.32 Å². The van der Waals surface area contributed by atoms with E-state index in [2.05, 4.69) is 5.32 Å². The molecule has 0 aliphatic heterocycles. The highest BCUT2D eigenvalue weighted by Gasteiger charge is 2.29. The van der Waals surface area contributed by atoms with Gasteiger partial charge in [0.05, 0.1) is 17.1 Å². The second-order valence-electron chi connectivity index (χ2n) is 4.55. The zero-order valence-electron chi connectivity index (χ0n) is 11.0. The normalized spacial score (nSPS) is 16.4. The SMILES string of the molecule is COCCNCC(C)S(=O)(=O)C(C)C(C)C. The summed E-state index contributed by atoms with van der Waals surface area (Å²) < 4.78 is 29.0. The average Bonchev–Trinajstić information content (AvgIpc) is 2.22. The lowest BCUT2D eigenvalue weighted by Crippen LogP contribution is -2.38. The first kappa shape index (κ1) is 15.9. The molecule has 0 saturated heterocycles. The van der Waals surface area contributed by atoms with Gasteiger partial charge in [-0.2, -0.15) is 0 Å². The van der Waals surface area contributed by atoms with Gasteiger partial charge in [0.15, 0.2) is 9.84 Å². The highest BCUT2D eigenvalue weighted by atomic mass is 32.2. The largest absolute Gasteiger partial charge is 0.383 e. The van der Waals surface area contributed by atoms with Gasteiger partial charge in [0.25, 0.3) is 0 Å². The maximum Gasteiger partial charge on any atom is 0.156 e. The molecule has 2 atom stereocenters. The zero-order valence-corrected chi connectivity index (χ0v) is 11.8. The number of nitrogens with one attached hydrogen (secondary N) is 1. The van der Waals surface area contributed by atoms with Crippen molar-refractivity contribution >= 4 is 9.84 Å². The molecule has 16 heavy (non-hydrogen) atoms. The van der Waals surface area contributed by atoms with Crippen molar-refractivity contribution in [3.8, 4) is 0 Å². The first-order valence-corrected chi connectivity index (χ1v) is 7.37.